The maximum atomic E-state index is 13.1. The van der Waals surface area contributed by atoms with Crippen LogP contribution in [0.4, 0.5) is 0 Å². The van der Waals surface area contributed by atoms with Crippen molar-refractivity contribution in [3.8, 4) is 5.75 Å². The number of nitrogens with two attached hydrogens (primary N) is 1. The van der Waals surface area contributed by atoms with Crippen LogP contribution in [0.1, 0.15) is 50.7 Å². The molecule has 1 atom stereocenters. The van der Waals surface area contributed by atoms with Crippen LogP contribution in [-0.4, -0.2) is 54.8 Å². The van der Waals surface area contributed by atoms with Crippen molar-refractivity contribution in [3.05, 3.63) is 72.1 Å². The Morgan fingerprint density at radius 1 is 1.00 bits per heavy atom. The minimum absolute atomic E-state index is 0.185. The van der Waals surface area contributed by atoms with Crippen molar-refractivity contribution in [3.63, 3.8) is 0 Å². The number of likely N-dealkylation sites (tertiary alicyclic amines) is 1. The summed E-state index contributed by atoms with van der Waals surface area (Å²) >= 11 is 0. The van der Waals surface area contributed by atoms with E-state index in [-0.39, 0.29) is 12.3 Å². The number of rotatable bonds is 14. The first-order valence-electron chi connectivity index (χ1n) is 13.4. The van der Waals surface area contributed by atoms with Crippen molar-refractivity contribution in [1.29, 1.82) is 0 Å². The number of piperidine rings is 1. The van der Waals surface area contributed by atoms with Crippen LogP contribution >= 0.6 is 0 Å². The Bertz CT molecular complexity index is 1030. The van der Waals surface area contributed by atoms with Gasteiger partial charge in [0.05, 0.1) is 6.42 Å². The number of carbonyl (C=O) groups is 3. The predicted molar refractivity (Wildman–Crippen MR) is 148 cm³/mol. The molecule has 0 aromatic heterocycles. The van der Waals surface area contributed by atoms with Crippen LogP contribution < -0.4 is 21.1 Å². The fourth-order valence-corrected chi connectivity index (χ4v) is 4.23. The first kappa shape index (κ1) is 29.2. The summed E-state index contributed by atoms with van der Waals surface area (Å²) in [6.07, 6.45) is 5.54. The highest BCUT2D eigenvalue weighted by Gasteiger charge is 2.27. The lowest BCUT2D eigenvalue weighted by Crippen LogP contribution is -2.50. The maximum absolute atomic E-state index is 13.1. The van der Waals surface area contributed by atoms with Crippen LogP contribution in [0.3, 0.4) is 0 Å². The third-order valence-corrected chi connectivity index (χ3v) is 6.89. The Morgan fingerprint density at radius 2 is 1.68 bits per heavy atom. The van der Waals surface area contributed by atoms with Gasteiger partial charge in [0.1, 0.15) is 18.4 Å². The van der Waals surface area contributed by atoms with Crippen molar-refractivity contribution >= 4 is 17.7 Å². The number of hydrogen-bond acceptors (Lipinski definition) is 5. The third kappa shape index (κ3) is 9.82. The number of benzene rings is 2. The molecule has 1 heterocycles. The minimum Gasteiger partial charge on any atom is -0.489 e. The summed E-state index contributed by atoms with van der Waals surface area (Å²) in [5.74, 6) is -0.394. The molecule has 3 amide bonds. The Hall–Kier alpha value is -3.39. The molecular formula is C30H41N4O4. The number of carbonyl (C=O) groups excluding carboxylic acids is 3. The van der Waals surface area contributed by atoms with Gasteiger partial charge in [-0.2, -0.15) is 0 Å². The number of hydrogen-bond donors (Lipinski definition) is 3. The van der Waals surface area contributed by atoms with E-state index >= 15 is 0 Å². The zero-order chi connectivity index (χ0) is 27.4. The average Bonchev–Trinajstić information content (AvgIpc) is 2.92. The zero-order valence-electron chi connectivity index (χ0n) is 22.6. The third-order valence-electron chi connectivity index (χ3n) is 6.89. The molecule has 1 saturated heterocycles. The first-order chi connectivity index (χ1) is 18.2. The van der Waals surface area contributed by atoms with Crippen LogP contribution in [-0.2, 0) is 27.4 Å². The van der Waals surface area contributed by atoms with Crippen molar-refractivity contribution < 1.29 is 19.1 Å². The number of nitrogens with zero attached hydrogens (tertiary/aromatic N) is 1. The number of primary amides is 1. The van der Waals surface area contributed by atoms with E-state index in [1.54, 1.807) is 13.8 Å². The molecule has 8 heteroatoms. The van der Waals surface area contributed by atoms with E-state index in [0.717, 1.165) is 36.5 Å². The number of nitrogens with one attached hydrogen (secondary N) is 2. The van der Waals surface area contributed by atoms with Crippen molar-refractivity contribution in [1.82, 2.24) is 15.5 Å². The Balaban J connectivity index is 1.58. The predicted octanol–water partition coefficient (Wildman–Crippen LogP) is 3.00. The molecular weight excluding hydrogens is 480 g/mol. The molecule has 1 unspecified atom stereocenters. The molecule has 1 fully saturated rings. The molecule has 1 aliphatic heterocycles. The summed E-state index contributed by atoms with van der Waals surface area (Å²) in [6.45, 7) is 7.26. The molecule has 1 radical (unpaired) electrons. The molecule has 8 nitrogen and oxygen atoms in total. The minimum atomic E-state index is -0.848. The molecule has 205 valence electrons. The monoisotopic (exact) mass is 521 g/mol. The zero-order valence-corrected chi connectivity index (χ0v) is 22.6. The Kier molecular flexibility index (Phi) is 11.1. The molecule has 4 N–H and O–H groups in total. The summed E-state index contributed by atoms with van der Waals surface area (Å²) in [5, 5.41) is 5.81. The summed E-state index contributed by atoms with van der Waals surface area (Å²) < 4.78 is 5.86. The van der Waals surface area contributed by atoms with Gasteiger partial charge in [0.15, 0.2) is 0 Å². The van der Waals surface area contributed by atoms with Gasteiger partial charge >= 0.3 is 0 Å². The van der Waals surface area contributed by atoms with E-state index < -0.39 is 23.3 Å². The second-order valence-electron chi connectivity index (χ2n) is 10.5. The van der Waals surface area contributed by atoms with E-state index in [0.29, 0.717) is 19.6 Å². The standard InChI is InChI=1S/C30H41N4O4/c1-30(2,29(31)37)16-15-27(35)33-26(28(36)32-17-20-34-18-7-4-8-19-34)21-23-11-13-25(14-12-23)38-22-24-9-5-3-6-10-24/h3,5-6,9-15,26H,4,7-8,16-22H2,1-2H3,(H2,31,37)(H,32,36)(H,33,35). The van der Waals surface area contributed by atoms with Crippen LogP contribution in [0.25, 0.3) is 0 Å². The van der Waals surface area contributed by atoms with Gasteiger partial charge in [-0.25, -0.2) is 0 Å². The van der Waals surface area contributed by atoms with Crippen molar-refractivity contribution in [2.45, 2.75) is 58.6 Å². The molecule has 0 spiro atoms. The second kappa shape index (κ2) is 14.5. The van der Waals surface area contributed by atoms with Gasteiger partial charge in [-0.05, 0) is 55.6 Å². The fourth-order valence-electron chi connectivity index (χ4n) is 4.23. The molecule has 3 rings (SSSR count). The van der Waals surface area contributed by atoms with Gasteiger partial charge in [0, 0.05) is 24.9 Å². The van der Waals surface area contributed by atoms with E-state index in [2.05, 4.69) is 15.5 Å². The number of ether oxygens (including phenoxy) is 1. The van der Waals surface area contributed by atoms with Gasteiger partial charge in [-0.3, -0.25) is 14.4 Å². The van der Waals surface area contributed by atoms with Crippen LogP contribution in [0.5, 0.6) is 5.75 Å². The highest BCUT2D eigenvalue weighted by Crippen LogP contribution is 2.21. The fraction of sp³-hybridized carbons (Fsp3) is 0.467. The quantitative estimate of drug-likeness (QED) is 0.354. The SMILES string of the molecule is CC(C)(C[CH]C(=O)NC(Cc1ccc(OCc2ccccc2)cc1)C(=O)NCCN1CCCCC1)C(N)=O. The average molecular weight is 522 g/mol. The molecule has 0 aliphatic carbocycles. The maximum Gasteiger partial charge on any atom is 0.242 e. The molecule has 2 aromatic carbocycles. The van der Waals surface area contributed by atoms with Crippen molar-refractivity contribution in [2.75, 3.05) is 26.2 Å². The van der Waals surface area contributed by atoms with E-state index in [1.807, 2.05) is 54.6 Å². The van der Waals surface area contributed by atoms with Gasteiger partial charge in [0.2, 0.25) is 17.7 Å². The molecule has 38 heavy (non-hydrogen) atoms. The highest BCUT2D eigenvalue weighted by molar-refractivity contribution is 5.92. The van der Waals surface area contributed by atoms with E-state index in [9.17, 15) is 14.4 Å². The largest absolute Gasteiger partial charge is 0.489 e. The van der Waals surface area contributed by atoms with Gasteiger partial charge in [-0.15, -0.1) is 0 Å². The van der Waals surface area contributed by atoms with Crippen molar-refractivity contribution in [2.24, 2.45) is 11.1 Å². The molecule has 0 bridgehead atoms. The van der Waals surface area contributed by atoms with E-state index in [1.165, 1.54) is 25.7 Å². The molecule has 2 aromatic rings. The lowest BCUT2D eigenvalue weighted by atomic mass is 9.87. The van der Waals surface area contributed by atoms with Crippen LogP contribution in [0.15, 0.2) is 54.6 Å². The lowest BCUT2D eigenvalue weighted by Gasteiger charge is -2.27. The van der Waals surface area contributed by atoms with Gasteiger partial charge in [-0.1, -0.05) is 62.7 Å². The highest BCUT2D eigenvalue weighted by atomic mass is 16.5. The second-order valence-corrected chi connectivity index (χ2v) is 10.5. The summed E-state index contributed by atoms with van der Waals surface area (Å²) in [7, 11) is 0. The normalized spacial score (nSPS) is 14.9. The number of amides is 3. The van der Waals surface area contributed by atoms with Gasteiger partial charge < -0.3 is 26.0 Å². The summed E-state index contributed by atoms with van der Waals surface area (Å²) in [5.41, 5.74) is 6.55. The topological polar surface area (TPSA) is 114 Å². The van der Waals surface area contributed by atoms with Crippen LogP contribution in [0.2, 0.25) is 0 Å². The molecule has 0 saturated carbocycles. The Morgan fingerprint density at radius 3 is 2.34 bits per heavy atom. The lowest BCUT2D eigenvalue weighted by molar-refractivity contribution is -0.128. The summed E-state index contributed by atoms with van der Waals surface area (Å²) in [6, 6.07) is 16.7. The van der Waals surface area contributed by atoms with Crippen LogP contribution in [0, 0.1) is 11.8 Å². The Labute approximate surface area is 226 Å². The first-order valence-corrected chi connectivity index (χ1v) is 13.4. The summed E-state index contributed by atoms with van der Waals surface area (Å²) in [4.78, 5) is 39.7. The molecule has 1 aliphatic rings. The van der Waals surface area contributed by atoms with Gasteiger partial charge in [0.25, 0.3) is 0 Å². The smallest absolute Gasteiger partial charge is 0.242 e. The van der Waals surface area contributed by atoms with E-state index in [4.69, 9.17) is 10.5 Å².